The summed E-state index contributed by atoms with van der Waals surface area (Å²) in [6.07, 6.45) is -0.795. The Morgan fingerprint density at radius 1 is 1.05 bits per heavy atom. The number of rotatable bonds is 9. The molecule has 0 saturated carbocycles. The van der Waals surface area contributed by atoms with Gasteiger partial charge in [-0.3, -0.25) is 9.52 Å². The Balaban J connectivity index is 1.76. The third kappa shape index (κ3) is 6.73. The number of benzene rings is 3. The van der Waals surface area contributed by atoms with Crippen LogP contribution in [0.5, 0.6) is 5.75 Å². The number of carbonyl (C=O) groups is 1. The SMILES string of the molecule is Cc1ccc(S(=O)(=O)N(C)C[C@@H]2Oc3c(NS(=O)(=O)c4ccc(Cl)cc4)cccc3C(=O)N([C@H](C)CO)C[C@@H]2C)cc1. The van der Waals surface area contributed by atoms with Crippen molar-refractivity contribution < 1.29 is 31.5 Å². The molecule has 1 heterocycles. The van der Waals surface area contributed by atoms with Gasteiger partial charge in [-0.15, -0.1) is 0 Å². The molecule has 10 nitrogen and oxygen atoms in total. The van der Waals surface area contributed by atoms with Gasteiger partial charge in [0.2, 0.25) is 10.0 Å². The van der Waals surface area contributed by atoms with Crippen LogP contribution in [0.4, 0.5) is 5.69 Å². The lowest BCUT2D eigenvalue weighted by Gasteiger charge is -2.38. The number of sulfonamides is 2. The molecule has 0 unspecified atom stereocenters. The number of aliphatic hydroxyl groups excluding tert-OH is 1. The van der Waals surface area contributed by atoms with Crippen molar-refractivity contribution >= 4 is 43.2 Å². The van der Waals surface area contributed by atoms with E-state index in [1.54, 1.807) is 19.1 Å². The lowest BCUT2D eigenvalue weighted by Crippen LogP contribution is -2.50. The molecule has 0 radical (unpaired) electrons. The quantitative estimate of drug-likeness (QED) is 0.363. The van der Waals surface area contributed by atoms with Crippen LogP contribution >= 0.6 is 11.6 Å². The molecular formula is C29H34ClN3O7S2. The van der Waals surface area contributed by atoms with Gasteiger partial charge in [0.05, 0.1) is 40.2 Å². The number of para-hydroxylation sites is 1. The summed E-state index contributed by atoms with van der Waals surface area (Å²) in [6.45, 7) is 5.15. The minimum absolute atomic E-state index is 0.00977. The molecular weight excluding hydrogens is 602 g/mol. The van der Waals surface area contributed by atoms with E-state index in [1.165, 1.54) is 70.9 Å². The molecule has 1 aliphatic rings. The van der Waals surface area contributed by atoms with Crippen LogP contribution in [0.2, 0.25) is 5.02 Å². The van der Waals surface area contributed by atoms with Crippen LogP contribution < -0.4 is 9.46 Å². The second-order valence-electron chi connectivity index (χ2n) is 10.5. The van der Waals surface area contributed by atoms with Gasteiger partial charge < -0.3 is 14.7 Å². The molecule has 226 valence electrons. The summed E-state index contributed by atoms with van der Waals surface area (Å²) >= 11 is 5.92. The predicted molar refractivity (Wildman–Crippen MR) is 161 cm³/mol. The van der Waals surface area contributed by atoms with E-state index in [-0.39, 0.29) is 46.5 Å². The Morgan fingerprint density at radius 3 is 2.29 bits per heavy atom. The molecule has 13 heteroatoms. The maximum Gasteiger partial charge on any atom is 0.262 e. The highest BCUT2D eigenvalue weighted by Crippen LogP contribution is 2.36. The molecule has 1 amide bonds. The fourth-order valence-electron chi connectivity index (χ4n) is 4.60. The van der Waals surface area contributed by atoms with E-state index < -0.39 is 44.0 Å². The minimum Gasteiger partial charge on any atom is -0.486 e. The summed E-state index contributed by atoms with van der Waals surface area (Å²) in [6, 6.07) is 16.0. The van der Waals surface area contributed by atoms with Crippen molar-refractivity contribution in [3.63, 3.8) is 0 Å². The van der Waals surface area contributed by atoms with Gasteiger partial charge in [-0.1, -0.05) is 42.3 Å². The van der Waals surface area contributed by atoms with Crippen molar-refractivity contribution in [3.8, 4) is 5.75 Å². The smallest absolute Gasteiger partial charge is 0.262 e. The first-order valence-electron chi connectivity index (χ1n) is 13.3. The lowest BCUT2D eigenvalue weighted by atomic mass is 9.99. The van der Waals surface area contributed by atoms with E-state index in [0.717, 1.165) is 5.56 Å². The average molecular weight is 636 g/mol. The van der Waals surface area contributed by atoms with Gasteiger partial charge in [0.25, 0.3) is 15.9 Å². The minimum atomic E-state index is -4.11. The third-order valence-corrected chi connectivity index (χ3v) is 10.7. The van der Waals surface area contributed by atoms with Crippen LogP contribution in [0, 0.1) is 12.8 Å². The zero-order valence-electron chi connectivity index (χ0n) is 23.7. The Labute approximate surface area is 252 Å². The molecule has 0 spiro atoms. The molecule has 3 aromatic carbocycles. The highest BCUT2D eigenvalue weighted by Gasteiger charge is 2.36. The van der Waals surface area contributed by atoms with Gasteiger partial charge in [0.1, 0.15) is 6.10 Å². The van der Waals surface area contributed by atoms with E-state index in [2.05, 4.69) is 4.72 Å². The van der Waals surface area contributed by atoms with Crippen molar-refractivity contribution in [1.82, 2.24) is 9.21 Å². The first-order valence-corrected chi connectivity index (χ1v) is 16.6. The van der Waals surface area contributed by atoms with E-state index in [0.29, 0.717) is 5.02 Å². The number of hydrogen-bond donors (Lipinski definition) is 2. The first kappa shape index (κ1) is 31.8. The zero-order chi connectivity index (χ0) is 30.8. The van der Waals surface area contributed by atoms with E-state index in [4.69, 9.17) is 16.3 Å². The molecule has 2 N–H and O–H groups in total. The fraction of sp³-hybridized carbons (Fsp3) is 0.345. The summed E-state index contributed by atoms with van der Waals surface area (Å²) in [5.41, 5.74) is 1.00. The molecule has 0 aliphatic carbocycles. The Kier molecular flexibility index (Phi) is 9.53. The number of aryl methyl sites for hydroxylation is 1. The normalized spacial score (nSPS) is 18.5. The number of carbonyl (C=O) groups excluding carboxylic acids is 1. The zero-order valence-corrected chi connectivity index (χ0v) is 26.1. The highest BCUT2D eigenvalue weighted by atomic mass is 35.5. The second-order valence-corrected chi connectivity index (χ2v) is 14.6. The number of halogens is 1. The number of likely N-dealkylation sites (N-methyl/N-ethyl adjacent to an activating group) is 1. The summed E-state index contributed by atoms with van der Waals surface area (Å²) in [4.78, 5) is 15.3. The number of nitrogens with one attached hydrogen (secondary N) is 1. The molecule has 0 saturated heterocycles. The van der Waals surface area contributed by atoms with Gasteiger partial charge in [0.15, 0.2) is 5.75 Å². The van der Waals surface area contributed by atoms with Crippen LogP contribution in [-0.2, 0) is 20.0 Å². The molecule has 4 rings (SSSR count). The predicted octanol–water partition coefficient (Wildman–Crippen LogP) is 3.99. The number of anilines is 1. The van der Waals surface area contributed by atoms with Crippen LogP contribution in [0.15, 0.2) is 76.5 Å². The van der Waals surface area contributed by atoms with Crippen molar-refractivity contribution in [2.24, 2.45) is 5.92 Å². The number of hydrogen-bond acceptors (Lipinski definition) is 7. The number of aliphatic hydroxyl groups is 1. The molecule has 1 aliphatic heterocycles. The lowest BCUT2D eigenvalue weighted by molar-refractivity contribution is 0.0389. The second kappa shape index (κ2) is 12.6. The Bertz CT molecular complexity index is 1650. The van der Waals surface area contributed by atoms with Crippen LogP contribution in [-0.4, -0.2) is 75.9 Å². The fourth-order valence-corrected chi connectivity index (χ4v) is 6.97. The average Bonchev–Trinajstić information content (AvgIpc) is 2.95. The Morgan fingerprint density at radius 2 is 1.67 bits per heavy atom. The highest BCUT2D eigenvalue weighted by molar-refractivity contribution is 7.92. The van der Waals surface area contributed by atoms with Crippen molar-refractivity contribution in [2.75, 3.05) is 31.5 Å². The number of ether oxygens (including phenoxy) is 1. The molecule has 3 aromatic rings. The molecule has 0 fully saturated rings. The van der Waals surface area contributed by atoms with Crippen molar-refractivity contribution in [2.45, 2.75) is 42.7 Å². The summed E-state index contributed by atoms with van der Waals surface area (Å²) in [5, 5.41) is 10.3. The van der Waals surface area contributed by atoms with Gasteiger partial charge in [-0.05, 0) is 62.4 Å². The summed E-state index contributed by atoms with van der Waals surface area (Å²) < 4.78 is 63.4. The van der Waals surface area contributed by atoms with Crippen LogP contribution in [0.1, 0.15) is 29.8 Å². The topological polar surface area (TPSA) is 133 Å². The number of fused-ring (bicyclic) bond motifs is 1. The molecule has 3 atom stereocenters. The first-order chi connectivity index (χ1) is 19.7. The van der Waals surface area contributed by atoms with Gasteiger partial charge in [-0.25, -0.2) is 16.8 Å². The monoisotopic (exact) mass is 635 g/mol. The largest absolute Gasteiger partial charge is 0.486 e. The number of nitrogens with zero attached hydrogens (tertiary/aromatic N) is 2. The van der Waals surface area contributed by atoms with Crippen molar-refractivity contribution in [1.29, 1.82) is 0 Å². The Hall–Kier alpha value is -3.16. The van der Waals surface area contributed by atoms with Crippen LogP contribution in [0.25, 0.3) is 0 Å². The van der Waals surface area contributed by atoms with E-state index >= 15 is 0 Å². The van der Waals surface area contributed by atoms with Gasteiger partial charge >= 0.3 is 0 Å². The summed E-state index contributed by atoms with van der Waals surface area (Å²) in [7, 11) is -6.56. The molecule has 42 heavy (non-hydrogen) atoms. The summed E-state index contributed by atoms with van der Waals surface area (Å²) in [5.74, 6) is -0.898. The van der Waals surface area contributed by atoms with E-state index in [9.17, 15) is 26.7 Å². The van der Waals surface area contributed by atoms with Gasteiger partial charge in [-0.2, -0.15) is 4.31 Å². The van der Waals surface area contributed by atoms with Crippen LogP contribution in [0.3, 0.4) is 0 Å². The molecule has 0 bridgehead atoms. The number of amides is 1. The van der Waals surface area contributed by atoms with Gasteiger partial charge in [0, 0.05) is 24.5 Å². The maximum atomic E-state index is 13.7. The molecule has 0 aromatic heterocycles. The standard InChI is InChI=1S/C29H34ClN3O7S2/c1-19-8-12-24(13-9-19)42(38,39)32(4)17-27-20(2)16-33(21(3)18-34)29(35)25-6-5-7-26(28(25)40-27)31-41(36,37)23-14-10-22(30)11-15-23/h5-15,20-21,27,31,34H,16-18H2,1-4H3/t20-,21+,27-/m0/s1. The maximum absolute atomic E-state index is 13.7. The van der Waals surface area contributed by atoms with Crippen molar-refractivity contribution in [3.05, 3.63) is 82.9 Å². The third-order valence-electron chi connectivity index (χ3n) is 7.23. The van der Waals surface area contributed by atoms with E-state index in [1.807, 2.05) is 13.8 Å².